The zero-order chi connectivity index (χ0) is 9.97. The van der Waals surface area contributed by atoms with Crippen molar-refractivity contribution < 1.29 is 4.79 Å². The van der Waals surface area contributed by atoms with Crippen LogP contribution >= 0.6 is 0 Å². The van der Waals surface area contributed by atoms with E-state index in [0.717, 1.165) is 25.9 Å². The fraction of sp³-hybridized carbons (Fsp3) is 0.909. The summed E-state index contributed by atoms with van der Waals surface area (Å²) in [5.41, 5.74) is 0. The van der Waals surface area contributed by atoms with E-state index in [2.05, 4.69) is 10.2 Å². The smallest absolute Gasteiger partial charge is 0.225 e. The number of hydrogen-bond acceptors (Lipinski definition) is 2. The SMILES string of the molecule is CNCCCC1CCN1C(=O)C1CC1. The Kier molecular flexibility index (Phi) is 3.06. The summed E-state index contributed by atoms with van der Waals surface area (Å²) in [5.74, 6) is 0.841. The summed E-state index contributed by atoms with van der Waals surface area (Å²) in [6.07, 6.45) is 5.87. The van der Waals surface area contributed by atoms with Gasteiger partial charge in [0.15, 0.2) is 0 Å². The van der Waals surface area contributed by atoms with Crippen LogP contribution < -0.4 is 5.32 Å². The quantitative estimate of drug-likeness (QED) is 0.665. The molecule has 0 radical (unpaired) electrons. The molecule has 1 aliphatic heterocycles. The second-order valence-electron chi connectivity index (χ2n) is 4.49. The Morgan fingerprint density at radius 1 is 1.43 bits per heavy atom. The number of amides is 1. The molecule has 2 rings (SSSR count). The van der Waals surface area contributed by atoms with Gasteiger partial charge < -0.3 is 10.2 Å². The van der Waals surface area contributed by atoms with E-state index in [1.165, 1.54) is 19.3 Å². The number of nitrogens with one attached hydrogen (secondary N) is 1. The molecule has 80 valence electrons. The molecule has 1 unspecified atom stereocenters. The lowest BCUT2D eigenvalue weighted by atomic mass is 9.97. The first-order valence-electron chi connectivity index (χ1n) is 5.78. The molecule has 1 saturated carbocycles. The van der Waals surface area contributed by atoms with Crippen molar-refractivity contribution in [3.8, 4) is 0 Å². The highest BCUT2D eigenvalue weighted by molar-refractivity contribution is 5.82. The minimum absolute atomic E-state index is 0.405. The highest BCUT2D eigenvalue weighted by Gasteiger charge is 2.39. The Morgan fingerprint density at radius 3 is 2.71 bits per heavy atom. The Balaban J connectivity index is 1.69. The molecule has 0 aromatic heterocycles. The third-order valence-corrected chi connectivity index (χ3v) is 3.32. The first-order valence-corrected chi connectivity index (χ1v) is 5.78. The van der Waals surface area contributed by atoms with Gasteiger partial charge in [0.05, 0.1) is 0 Å². The molecule has 0 aromatic carbocycles. The number of nitrogens with zero attached hydrogens (tertiary/aromatic N) is 1. The van der Waals surface area contributed by atoms with Crippen LogP contribution in [0.1, 0.15) is 32.1 Å². The van der Waals surface area contributed by atoms with Crippen molar-refractivity contribution in [2.24, 2.45) is 5.92 Å². The summed E-state index contributed by atoms with van der Waals surface area (Å²) < 4.78 is 0. The third-order valence-electron chi connectivity index (χ3n) is 3.32. The van der Waals surface area contributed by atoms with Crippen LogP contribution in [0, 0.1) is 5.92 Å². The van der Waals surface area contributed by atoms with Gasteiger partial charge in [-0.05, 0) is 45.7 Å². The number of likely N-dealkylation sites (tertiary alicyclic amines) is 1. The number of carbonyl (C=O) groups is 1. The van der Waals surface area contributed by atoms with E-state index in [9.17, 15) is 4.79 Å². The normalized spacial score (nSPS) is 26.1. The van der Waals surface area contributed by atoms with Gasteiger partial charge in [0, 0.05) is 18.5 Å². The van der Waals surface area contributed by atoms with E-state index in [1.807, 2.05) is 7.05 Å². The maximum Gasteiger partial charge on any atom is 0.225 e. The highest BCUT2D eigenvalue weighted by atomic mass is 16.2. The second-order valence-corrected chi connectivity index (χ2v) is 4.49. The zero-order valence-electron chi connectivity index (χ0n) is 8.96. The molecule has 2 fully saturated rings. The largest absolute Gasteiger partial charge is 0.339 e. The van der Waals surface area contributed by atoms with Crippen LogP contribution in [0.5, 0.6) is 0 Å². The fourth-order valence-electron chi connectivity index (χ4n) is 2.11. The van der Waals surface area contributed by atoms with E-state index in [-0.39, 0.29) is 0 Å². The molecule has 1 amide bonds. The number of hydrogen-bond donors (Lipinski definition) is 1. The van der Waals surface area contributed by atoms with Crippen LogP contribution in [0.3, 0.4) is 0 Å². The van der Waals surface area contributed by atoms with Crippen molar-refractivity contribution in [2.45, 2.75) is 38.1 Å². The van der Waals surface area contributed by atoms with Gasteiger partial charge in [0.2, 0.25) is 5.91 Å². The topological polar surface area (TPSA) is 32.3 Å². The van der Waals surface area contributed by atoms with Gasteiger partial charge in [0.1, 0.15) is 0 Å². The summed E-state index contributed by atoms with van der Waals surface area (Å²) in [6.45, 7) is 2.08. The van der Waals surface area contributed by atoms with E-state index in [0.29, 0.717) is 17.9 Å². The molecule has 3 nitrogen and oxygen atoms in total. The Labute approximate surface area is 85.8 Å². The Bertz CT molecular complexity index is 213. The van der Waals surface area contributed by atoms with Crippen LogP contribution in [0.15, 0.2) is 0 Å². The Morgan fingerprint density at radius 2 is 2.21 bits per heavy atom. The van der Waals surface area contributed by atoms with Gasteiger partial charge >= 0.3 is 0 Å². The van der Waals surface area contributed by atoms with Crippen LogP contribution in [-0.4, -0.2) is 37.0 Å². The maximum absolute atomic E-state index is 11.7. The first kappa shape index (κ1) is 9.97. The molecule has 0 spiro atoms. The molecular formula is C11H20N2O. The van der Waals surface area contributed by atoms with Crippen molar-refractivity contribution in [3.05, 3.63) is 0 Å². The molecule has 2 aliphatic rings. The van der Waals surface area contributed by atoms with Gasteiger partial charge in [0.25, 0.3) is 0 Å². The fourth-order valence-corrected chi connectivity index (χ4v) is 2.11. The summed E-state index contributed by atoms with van der Waals surface area (Å²) in [7, 11) is 1.98. The van der Waals surface area contributed by atoms with E-state index in [1.54, 1.807) is 0 Å². The van der Waals surface area contributed by atoms with Crippen LogP contribution in [0.4, 0.5) is 0 Å². The summed E-state index contributed by atoms with van der Waals surface area (Å²) in [5, 5.41) is 3.15. The van der Waals surface area contributed by atoms with Crippen molar-refractivity contribution >= 4 is 5.91 Å². The average Bonchev–Trinajstić information content (AvgIpc) is 2.93. The van der Waals surface area contributed by atoms with Gasteiger partial charge in [-0.2, -0.15) is 0 Å². The maximum atomic E-state index is 11.7. The van der Waals surface area contributed by atoms with Crippen molar-refractivity contribution in [3.63, 3.8) is 0 Å². The summed E-state index contributed by atoms with van der Waals surface area (Å²) >= 11 is 0. The van der Waals surface area contributed by atoms with Crippen LogP contribution in [0.25, 0.3) is 0 Å². The molecule has 3 heteroatoms. The molecule has 0 aromatic rings. The van der Waals surface area contributed by atoms with E-state index in [4.69, 9.17) is 0 Å². The van der Waals surface area contributed by atoms with Gasteiger partial charge in [-0.1, -0.05) is 0 Å². The Hall–Kier alpha value is -0.570. The molecule has 14 heavy (non-hydrogen) atoms. The lowest BCUT2D eigenvalue weighted by Gasteiger charge is -2.41. The molecule has 1 atom stereocenters. The predicted octanol–water partition coefficient (Wildman–Crippen LogP) is 0.997. The van der Waals surface area contributed by atoms with Crippen LogP contribution in [-0.2, 0) is 4.79 Å². The minimum Gasteiger partial charge on any atom is -0.339 e. The van der Waals surface area contributed by atoms with Gasteiger partial charge in [-0.25, -0.2) is 0 Å². The standard InChI is InChI=1S/C11H20N2O/c1-12-7-2-3-10-6-8-13(10)11(14)9-4-5-9/h9-10,12H,2-8H2,1H3. The molecule has 1 aliphatic carbocycles. The molecule has 1 N–H and O–H groups in total. The first-order chi connectivity index (χ1) is 6.83. The molecule has 1 heterocycles. The van der Waals surface area contributed by atoms with Crippen molar-refractivity contribution in [1.29, 1.82) is 0 Å². The molecular weight excluding hydrogens is 176 g/mol. The van der Waals surface area contributed by atoms with E-state index >= 15 is 0 Å². The predicted molar refractivity (Wildman–Crippen MR) is 56.0 cm³/mol. The van der Waals surface area contributed by atoms with Crippen molar-refractivity contribution in [1.82, 2.24) is 10.2 Å². The number of rotatable bonds is 5. The van der Waals surface area contributed by atoms with Crippen molar-refractivity contribution in [2.75, 3.05) is 20.1 Å². The minimum atomic E-state index is 0.405. The average molecular weight is 196 g/mol. The van der Waals surface area contributed by atoms with E-state index < -0.39 is 0 Å². The lowest BCUT2D eigenvalue weighted by molar-refractivity contribution is -0.140. The highest BCUT2D eigenvalue weighted by Crippen LogP contribution is 2.35. The molecule has 1 saturated heterocycles. The van der Waals surface area contributed by atoms with Gasteiger partial charge in [-0.3, -0.25) is 4.79 Å². The van der Waals surface area contributed by atoms with Crippen LogP contribution in [0.2, 0.25) is 0 Å². The summed E-state index contributed by atoms with van der Waals surface area (Å²) in [4.78, 5) is 13.8. The van der Waals surface area contributed by atoms with Gasteiger partial charge in [-0.15, -0.1) is 0 Å². The molecule has 0 bridgehead atoms. The lowest BCUT2D eigenvalue weighted by Crippen LogP contribution is -2.51. The number of carbonyl (C=O) groups excluding carboxylic acids is 1. The third kappa shape index (κ3) is 2.08. The second kappa shape index (κ2) is 4.30. The summed E-state index contributed by atoms with van der Waals surface area (Å²) in [6, 6.07) is 0.566. The monoisotopic (exact) mass is 196 g/mol. The zero-order valence-corrected chi connectivity index (χ0v) is 8.96.